The van der Waals surface area contributed by atoms with E-state index in [4.69, 9.17) is 0 Å². The Morgan fingerprint density at radius 2 is 1.89 bits per heavy atom. The molecule has 1 unspecified atom stereocenters. The normalized spacial score (nSPS) is 20.6. The first-order chi connectivity index (χ1) is 8.65. The number of likely N-dealkylation sites (N-methyl/N-ethyl adjacent to an activating group) is 1. The Morgan fingerprint density at radius 3 is 2.50 bits per heavy atom. The highest BCUT2D eigenvalue weighted by atomic mass is 19.1. The molecule has 0 amide bonds. The number of hydrogen-bond acceptors (Lipinski definition) is 1. The molecule has 0 radical (unpaired) electrons. The quantitative estimate of drug-likeness (QED) is 0.852. The van der Waals surface area contributed by atoms with Crippen molar-refractivity contribution in [3.05, 3.63) is 35.6 Å². The van der Waals surface area contributed by atoms with Crippen LogP contribution in [-0.4, -0.2) is 13.1 Å². The van der Waals surface area contributed by atoms with Crippen molar-refractivity contribution in [3.63, 3.8) is 0 Å². The van der Waals surface area contributed by atoms with Gasteiger partial charge in [-0.2, -0.15) is 0 Å². The summed E-state index contributed by atoms with van der Waals surface area (Å²) in [5.41, 5.74) is 1.15. The lowest BCUT2D eigenvalue weighted by atomic mass is 9.69. The predicted octanol–water partition coefficient (Wildman–Crippen LogP) is 3.93. The van der Waals surface area contributed by atoms with Crippen molar-refractivity contribution in [2.24, 2.45) is 5.41 Å². The van der Waals surface area contributed by atoms with Crippen LogP contribution < -0.4 is 5.32 Å². The van der Waals surface area contributed by atoms with Gasteiger partial charge in [-0.3, -0.25) is 0 Å². The van der Waals surface area contributed by atoms with E-state index in [-0.39, 0.29) is 5.82 Å². The molecule has 1 aromatic carbocycles. The third-order valence-corrected chi connectivity index (χ3v) is 4.57. The molecule has 1 aliphatic rings. The van der Waals surface area contributed by atoms with Gasteiger partial charge in [-0.25, -0.2) is 4.39 Å². The zero-order valence-corrected chi connectivity index (χ0v) is 11.5. The van der Waals surface area contributed by atoms with Crippen molar-refractivity contribution in [1.82, 2.24) is 5.32 Å². The molecule has 1 atom stereocenters. The van der Waals surface area contributed by atoms with Crippen molar-refractivity contribution < 1.29 is 4.39 Å². The molecule has 18 heavy (non-hydrogen) atoms. The second kappa shape index (κ2) is 5.83. The summed E-state index contributed by atoms with van der Waals surface area (Å²) in [6.45, 7) is 2.36. The minimum atomic E-state index is -0.0721. The molecule has 1 nitrogen and oxygen atoms in total. The second-order valence-electron chi connectivity index (χ2n) is 5.85. The van der Waals surface area contributed by atoms with Gasteiger partial charge in [0, 0.05) is 6.04 Å². The molecule has 1 fully saturated rings. The molecule has 100 valence electrons. The molecule has 0 bridgehead atoms. The summed E-state index contributed by atoms with van der Waals surface area (Å²) in [6.07, 6.45) is 7.28. The highest BCUT2D eigenvalue weighted by Crippen LogP contribution is 2.39. The third kappa shape index (κ3) is 2.92. The van der Waals surface area contributed by atoms with Crippen LogP contribution in [0.15, 0.2) is 24.3 Å². The average molecular weight is 249 g/mol. The Bertz CT molecular complexity index is 382. The maximum Gasteiger partial charge on any atom is 0.126 e. The molecule has 0 aromatic heterocycles. The molecule has 0 spiro atoms. The van der Waals surface area contributed by atoms with Crippen molar-refractivity contribution in [2.45, 2.75) is 51.5 Å². The fourth-order valence-corrected chi connectivity index (χ4v) is 3.29. The minimum Gasteiger partial charge on any atom is -0.316 e. The summed E-state index contributed by atoms with van der Waals surface area (Å²) in [5, 5.41) is 3.42. The first kappa shape index (κ1) is 13.5. The van der Waals surface area contributed by atoms with E-state index in [1.165, 1.54) is 32.1 Å². The van der Waals surface area contributed by atoms with Crippen LogP contribution in [0.2, 0.25) is 0 Å². The van der Waals surface area contributed by atoms with Crippen LogP contribution >= 0.6 is 0 Å². The SMILES string of the molecule is CNC(Cc1ccccc1F)C1(C)CCCCC1. The van der Waals surface area contributed by atoms with E-state index in [2.05, 4.69) is 12.2 Å². The molecule has 0 aliphatic heterocycles. The molecule has 0 saturated heterocycles. The van der Waals surface area contributed by atoms with Crippen LogP contribution in [-0.2, 0) is 6.42 Å². The molecule has 1 aliphatic carbocycles. The third-order valence-electron chi connectivity index (χ3n) is 4.57. The number of rotatable bonds is 4. The van der Waals surface area contributed by atoms with E-state index in [1.807, 2.05) is 19.2 Å². The largest absolute Gasteiger partial charge is 0.316 e. The first-order valence-electron chi connectivity index (χ1n) is 7.06. The highest BCUT2D eigenvalue weighted by molar-refractivity contribution is 5.19. The minimum absolute atomic E-state index is 0.0721. The maximum atomic E-state index is 13.8. The van der Waals surface area contributed by atoms with Crippen molar-refractivity contribution in [2.75, 3.05) is 7.05 Å². The van der Waals surface area contributed by atoms with Gasteiger partial charge in [0.2, 0.25) is 0 Å². The van der Waals surface area contributed by atoms with Gasteiger partial charge in [-0.1, -0.05) is 44.4 Å². The Hall–Kier alpha value is -0.890. The molecule has 1 saturated carbocycles. The van der Waals surface area contributed by atoms with Gasteiger partial charge in [0.25, 0.3) is 0 Å². The maximum absolute atomic E-state index is 13.8. The number of halogens is 1. The summed E-state index contributed by atoms with van der Waals surface area (Å²) in [4.78, 5) is 0. The van der Waals surface area contributed by atoms with Gasteiger partial charge < -0.3 is 5.32 Å². The number of hydrogen-bond donors (Lipinski definition) is 1. The van der Waals surface area contributed by atoms with Gasteiger partial charge in [0.1, 0.15) is 5.82 Å². The van der Waals surface area contributed by atoms with Crippen molar-refractivity contribution in [1.29, 1.82) is 0 Å². The van der Waals surface area contributed by atoms with E-state index < -0.39 is 0 Å². The lowest BCUT2D eigenvalue weighted by Gasteiger charge is -2.41. The summed E-state index contributed by atoms with van der Waals surface area (Å²) < 4.78 is 13.8. The lowest BCUT2D eigenvalue weighted by Crippen LogP contribution is -2.44. The van der Waals surface area contributed by atoms with Crippen LogP contribution in [0.5, 0.6) is 0 Å². The topological polar surface area (TPSA) is 12.0 Å². The highest BCUT2D eigenvalue weighted by Gasteiger charge is 2.34. The van der Waals surface area contributed by atoms with Gasteiger partial charge in [-0.15, -0.1) is 0 Å². The van der Waals surface area contributed by atoms with E-state index in [1.54, 1.807) is 12.1 Å². The average Bonchev–Trinajstić information content (AvgIpc) is 2.38. The summed E-state index contributed by atoms with van der Waals surface area (Å²) in [7, 11) is 2.01. The van der Waals surface area contributed by atoms with Gasteiger partial charge in [0.05, 0.1) is 0 Å². The lowest BCUT2D eigenvalue weighted by molar-refractivity contribution is 0.148. The van der Waals surface area contributed by atoms with Crippen molar-refractivity contribution in [3.8, 4) is 0 Å². The molecule has 2 rings (SSSR count). The van der Waals surface area contributed by atoms with E-state index >= 15 is 0 Å². The molecule has 1 aromatic rings. The van der Waals surface area contributed by atoms with Crippen LogP contribution in [0.3, 0.4) is 0 Å². The van der Waals surface area contributed by atoms with Gasteiger partial charge >= 0.3 is 0 Å². The van der Waals surface area contributed by atoms with Gasteiger partial charge in [0.15, 0.2) is 0 Å². The number of nitrogens with one attached hydrogen (secondary N) is 1. The Labute approximate surface area is 110 Å². The standard InChI is InChI=1S/C16H24FN/c1-16(10-6-3-7-11-16)15(18-2)12-13-8-4-5-9-14(13)17/h4-5,8-9,15,18H,3,6-7,10-12H2,1-2H3. The molecular weight excluding hydrogens is 225 g/mol. The Balaban J connectivity index is 2.11. The molecule has 1 N–H and O–H groups in total. The summed E-state index contributed by atoms with van der Waals surface area (Å²) >= 11 is 0. The van der Waals surface area contributed by atoms with Crippen LogP contribution in [0.25, 0.3) is 0 Å². The van der Waals surface area contributed by atoms with E-state index in [0.29, 0.717) is 11.5 Å². The van der Waals surface area contributed by atoms with Crippen LogP contribution in [0.4, 0.5) is 4.39 Å². The second-order valence-corrected chi connectivity index (χ2v) is 5.85. The Morgan fingerprint density at radius 1 is 1.22 bits per heavy atom. The fourth-order valence-electron chi connectivity index (χ4n) is 3.29. The molecular formula is C16H24FN. The fraction of sp³-hybridized carbons (Fsp3) is 0.625. The zero-order valence-electron chi connectivity index (χ0n) is 11.5. The summed E-state index contributed by atoms with van der Waals surface area (Å²) in [6, 6.07) is 7.52. The van der Waals surface area contributed by atoms with Crippen LogP contribution in [0, 0.1) is 11.2 Å². The summed E-state index contributed by atoms with van der Waals surface area (Å²) in [5.74, 6) is -0.0721. The smallest absolute Gasteiger partial charge is 0.126 e. The first-order valence-corrected chi connectivity index (χ1v) is 7.06. The van der Waals surface area contributed by atoms with Crippen molar-refractivity contribution >= 4 is 0 Å². The molecule has 0 heterocycles. The monoisotopic (exact) mass is 249 g/mol. The zero-order chi connectivity index (χ0) is 13.0. The number of benzene rings is 1. The Kier molecular flexibility index (Phi) is 4.39. The predicted molar refractivity (Wildman–Crippen MR) is 74.1 cm³/mol. The van der Waals surface area contributed by atoms with E-state index in [9.17, 15) is 4.39 Å². The van der Waals surface area contributed by atoms with Gasteiger partial charge in [-0.05, 0) is 43.4 Å². The van der Waals surface area contributed by atoms with Crippen LogP contribution in [0.1, 0.15) is 44.6 Å². The molecule has 2 heteroatoms. The van der Waals surface area contributed by atoms with E-state index in [0.717, 1.165) is 12.0 Å².